The molecule has 1 saturated carbocycles. The maximum atomic E-state index is 12.9. The topological polar surface area (TPSA) is 169 Å². The zero-order valence-corrected chi connectivity index (χ0v) is 24.1. The lowest BCUT2D eigenvalue weighted by Crippen LogP contribution is -2.50. The predicted octanol–water partition coefficient (Wildman–Crippen LogP) is 1.45. The molecule has 1 rings (SSSR count). The van der Waals surface area contributed by atoms with Crippen LogP contribution in [-0.4, -0.2) is 89.7 Å². The van der Waals surface area contributed by atoms with Gasteiger partial charge in [0.15, 0.2) is 11.8 Å². The van der Waals surface area contributed by atoms with Crippen molar-refractivity contribution in [1.82, 2.24) is 5.32 Å². The Balaban J connectivity index is 2.78. The van der Waals surface area contributed by atoms with Crippen LogP contribution >= 0.6 is 0 Å². The molecule has 0 heterocycles. The van der Waals surface area contributed by atoms with Crippen LogP contribution in [-0.2, 0) is 33.4 Å². The number of ether oxygens (including phenoxy) is 3. The van der Waals surface area contributed by atoms with Gasteiger partial charge in [0.25, 0.3) is 0 Å². The number of carbonyl (C=O) groups is 4. The Labute approximate surface area is 231 Å². The molecule has 1 unspecified atom stereocenters. The van der Waals surface area contributed by atoms with E-state index in [0.29, 0.717) is 0 Å². The lowest BCUT2D eigenvalue weighted by molar-refractivity contribution is -0.156. The molecule has 224 valence electrons. The van der Waals surface area contributed by atoms with Crippen LogP contribution in [0.1, 0.15) is 73.1 Å². The number of amides is 1. The normalized spacial score (nSPS) is 19.4. The van der Waals surface area contributed by atoms with Gasteiger partial charge >= 0.3 is 11.9 Å². The highest BCUT2D eigenvalue weighted by atomic mass is 16.6. The minimum Gasteiger partial charge on any atom is -0.464 e. The Bertz CT molecular complexity index is 831. The van der Waals surface area contributed by atoms with Gasteiger partial charge in [-0.05, 0) is 25.2 Å². The average molecular weight is 558 g/mol. The Morgan fingerprint density at radius 2 is 1.62 bits per heavy atom. The highest BCUT2D eigenvalue weighted by Crippen LogP contribution is 2.24. The van der Waals surface area contributed by atoms with Crippen LogP contribution in [0.4, 0.5) is 0 Å². The number of allylic oxidation sites excluding steroid dienone is 1. The third kappa shape index (κ3) is 12.2. The number of hydrogen-bond donors (Lipinski definition) is 4. The number of nitrogens with one attached hydrogen (secondary N) is 1. The van der Waals surface area contributed by atoms with Crippen LogP contribution in [0, 0.1) is 17.3 Å². The first-order chi connectivity index (χ1) is 18.2. The summed E-state index contributed by atoms with van der Waals surface area (Å²) in [5.74, 6) is -3.74. The number of aliphatic hydroxyl groups is 3. The van der Waals surface area contributed by atoms with Crippen molar-refractivity contribution in [2.45, 2.75) is 104 Å². The molecular formula is C28H47NO10. The van der Waals surface area contributed by atoms with Crippen LogP contribution in [0.3, 0.4) is 0 Å². The molecule has 0 bridgehead atoms. The highest BCUT2D eigenvalue weighted by molar-refractivity contribution is 5.91. The van der Waals surface area contributed by atoms with Crippen molar-refractivity contribution < 1.29 is 48.7 Å². The lowest BCUT2D eigenvalue weighted by atomic mass is 9.89. The molecule has 1 aliphatic carbocycles. The van der Waals surface area contributed by atoms with E-state index >= 15 is 0 Å². The number of methoxy groups -OCH3 is 1. The monoisotopic (exact) mass is 557 g/mol. The number of Topliss-reactive ketones (excluding diaryl/α,β-unsaturated/α-hetero) is 1. The van der Waals surface area contributed by atoms with Crippen molar-refractivity contribution in [3.05, 3.63) is 12.2 Å². The van der Waals surface area contributed by atoms with Gasteiger partial charge in [-0.3, -0.25) is 14.4 Å². The second-order valence-corrected chi connectivity index (χ2v) is 11.2. The third-order valence-corrected chi connectivity index (χ3v) is 6.55. The molecule has 0 aromatic heterocycles. The predicted molar refractivity (Wildman–Crippen MR) is 142 cm³/mol. The van der Waals surface area contributed by atoms with Gasteiger partial charge < -0.3 is 34.8 Å². The molecule has 0 aliphatic heterocycles. The van der Waals surface area contributed by atoms with Crippen LogP contribution < -0.4 is 5.32 Å². The van der Waals surface area contributed by atoms with Gasteiger partial charge in [-0.1, -0.05) is 59.1 Å². The van der Waals surface area contributed by atoms with Crippen molar-refractivity contribution in [2.75, 3.05) is 20.3 Å². The minimum atomic E-state index is -1.76. The first-order valence-corrected chi connectivity index (χ1v) is 13.6. The first-order valence-electron chi connectivity index (χ1n) is 13.6. The van der Waals surface area contributed by atoms with Crippen LogP contribution in [0.15, 0.2) is 12.2 Å². The molecular weight excluding hydrogens is 510 g/mol. The maximum absolute atomic E-state index is 12.9. The molecule has 0 aromatic rings. The molecule has 1 fully saturated rings. The number of aliphatic hydroxyl groups excluding tert-OH is 3. The fraction of sp³-hybridized carbons (Fsp3) is 0.786. The van der Waals surface area contributed by atoms with E-state index in [0.717, 1.165) is 39.2 Å². The Hall–Kier alpha value is -2.34. The molecule has 11 nitrogen and oxygen atoms in total. The molecule has 6 atom stereocenters. The van der Waals surface area contributed by atoms with Crippen LogP contribution in [0.5, 0.6) is 0 Å². The van der Waals surface area contributed by atoms with E-state index in [-0.39, 0.29) is 24.4 Å². The zero-order chi connectivity index (χ0) is 29.8. The third-order valence-electron chi connectivity index (χ3n) is 6.55. The number of esters is 2. The lowest BCUT2D eigenvalue weighted by Gasteiger charge is -2.28. The molecule has 0 aromatic carbocycles. The molecule has 1 aliphatic rings. The highest BCUT2D eigenvalue weighted by Gasteiger charge is 2.37. The average Bonchev–Trinajstić information content (AvgIpc) is 2.89. The van der Waals surface area contributed by atoms with Gasteiger partial charge in [0.05, 0.1) is 12.5 Å². The van der Waals surface area contributed by atoms with Gasteiger partial charge in [0, 0.05) is 19.4 Å². The van der Waals surface area contributed by atoms with E-state index in [9.17, 15) is 34.5 Å². The van der Waals surface area contributed by atoms with E-state index < -0.39 is 66.6 Å². The second kappa shape index (κ2) is 16.7. The largest absolute Gasteiger partial charge is 0.464 e. The molecule has 0 radical (unpaired) electrons. The maximum Gasteiger partial charge on any atom is 0.332 e. The summed E-state index contributed by atoms with van der Waals surface area (Å²) in [4.78, 5) is 50.5. The number of ketones is 1. The van der Waals surface area contributed by atoms with E-state index in [1.807, 2.05) is 20.8 Å². The molecule has 4 N–H and O–H groups in total. The number of carbonyl (C=O) groups excluding carboxylic acids is 4. The van der Waals surface area contributed by atoms with Crippen molar-refractivity contribution in [3.63, 3.8) is 0 Å². The molecule has 39 heavy (non-hydrogen) atoms. The van der Waals surface area contributed by atoms with Crippen molar-refractivity contribution in [1.29, 1.82) is 0 Å². The summed E-state index contributed by atoms with van der Waals surface area (Å²) in [6, 6.07) is -1.25. The van der Waals surface area contributed by atoms with Gasteiger partial charge in [-0.15, -0.1) is 0 Å². The quantitative estimate of drug-likeness (QED) is 0.171. The summed E-state index contributed by atoms with van der Waals surface area (Å²) in [6.07, 6.45) is 0.548. The van der Waals surface area contributed by atoms with Crippen LogP contribution in [0.25, 0.3) is 0 Å². The summed E-state index contributed by atoms with van der Waals surface area (Å²) in [6.45, 7) is 8.38. The fourth-order valence-corrected chi connectivity index (χ4v) is 4.20. The molecule has 1 amide bonds. The number of rotatable bonds is 15. The van der Waals surface area contributed by atoms with Crippen molar-refractivity contribution >= 4 is 23.6 Å². The Morgan fingerprint density at radius 3 is 2.15 bits per heavy atom. The zero-order valence-electron chi connectivity index (χ0n) is 24.1. The Morgan fingerprint density at radius 1 is 1.00 bits per heavy atom. The fourth-order valence-electron chi connectivity index (χ4n) is 4.20. The standard InChI is InChI=1S/C28H47NO10/c1-7-38-27(36)19(16-39-26(35)18-11-9-8-10-12-18)29-25(34)17(2)15-21(31)24(37-6)23(33)22(32)20(30)13-14-28(3,4)5/h13-14,17-20,22-24,30,32-33H,7-12,15-16H2,1-6H3,(H,29,34)/b14-13+/t17-,19?,20-,22+,23-,24+/m1/s1. The summed E-state index contributed by atoms with van der Waals surface area (Å²) in [5, 5.41) is 33.5. The molecule has 0 saturated heterocycles. The van der Waals surface area contributed by atoms with Gasteiger partial charge in [0.2, 0.25) is 5.91 Å². The van der Waals surface area contributed by atoms with Crippen molar-refractivity contribution in [3.8, 4) is 0 Å². The summed E-state index contributed by atoms with van der Waals surface area (Å²) in [5.41, 5.74) is -0.277. The van der Waals surface area contributed by atoms with E-state index in [1.165, 1.54) is 13.0 Å². The minimum absolute atomic E-state index is 0.0579. The van der Waals surface area contributed by atoms with Crippen LogP contribution in [0.2, 0.25) is 0 Å². The van der Waals surface area contributed by atoms with Gasteiger partial charge in [-0.25, -0.2) is 4.79 Å². The van der Waals surface area contributed by atoms with E-state index in [4.69, 9.17) is 14.2 Å². The first kappa shape index (κ1) is 34.7. The smallest absolute Gasteiger partial charge is 0.332 e. The van der Waals surface area contributed by atoms with Gasteiger partial charge in [0.1, 0.15) is 31.0 Å². The summed E-state index contributed by atoms with van der Waals surface area (Å²) < 4.78 is 15.4. The van der Waals surface area contributed by atoms with E-state index in [2.05, 4.69) is 5.32 Å². The molecule has 0 spiro atoms. The second-order valence-electron chi connectivity index (χ2n) is 11.2. The SMILES string of the molecule is CCOC(=O)C(COC(=O)C1CCCCC1)NC(=O)[C@H](C)CC(=O)[C@H](OC)[C@H](O)[C@@H](O)[C@H](O)/C=C/C(C)(C)C. The summed E-state index contributed by atoms with van der Waals surface area (Å²) >= 11 is 0. The number of hydrogen-bond acceptors (Lipinski definition) is 10. The van der Waals surface area contributed by atoms with Gasteiger partial charge in [-0.2, -0.15) is 0 Å². The van der Waals surface area contributed by atoms with E-state index in [1.54, 1.807) is 13.0 Å². The molecule has 11 heteroatoms. The van der Waals surface area contributed by atoms with Crippen molar-refractivity contribution in [2.24, 2.45) is 17.3 Å². The summed E-state index contributed by atoms with van der Waals surface area (Å²) in [7, 11) is 1.16. The Kier molecular flexibility index (Phi) is 14.8.